The number of aromatic nitrogens is 1. The molecule has 0 aliphatic rings. The number of halogens is 1. The van der Waals surface area contributed by atoms with Crippen molar-refractivity contribution in [1.29, 1.82) is 0 Å². The first-order chi connectivity index (χ1) is 7.66. The highest BCUT2D eigenvalue weighted by atomic mass is 79.9. The van der Waals surface area contributed by atoms with Crippen LogP contribution in [-0.2, 0) is 0 Å². The lowest BCUT2D eigenvalue weighted by Gasteiger charge is -2.20. The van der Waals surface area contributed by atoms with Gasteiger partial charge in [0.05, 0.1) is 6.04 Å². The molecule has 0 aliphatic carbocycles. The summed E-state index contributed by atoms with van der Waals surface area (Å²) in [7, 11) is 0. The predicted molar refractivity (Wildman–Crippen MR) is 75.3 cm³/mol. The third-order valence-electron chi connectivity index (χ3n) is 2.27. The molecule has 0 aliphatic heterocycles. The molecule has 1 unspecified atom stereocenters. The number of nitrogens with one attached hydrogen (secondary N) is 1. The molecule has 2 heterocycles. The Kier molecular flexibility index (Phi) is 4.00. The predicted octanol–water partition coefficient (Wildman–Crippen LogP) is 4.78. The van der Waals surface area contributed by atoms with E-state index in [1.807, 2.05) is 5.38 Å². The van der Waals surface area contributed by atoms with Gasteiger partial charge in [0.15, 0.2) is 5.13 Å². The van der Waals surface area contributed by atoms with Gasteiger partial charge in [-0.25, -0.2) is 4.98 Å². The number of thiazole rings is 1. The van der Waals surface area contributed by atoms with Gasteiger partial charge in [-0.3, -0.25) is 0 Å². The van der Waals surface area contributed by atoms with Crippen molar-refractivity contribution >= 4 is 43.7 Å². The smallest absolute Gasteiger partial charge is 0.184 e. The Hall–Kier alpha value is -0.390. The number of nitrogens with zero attached hydrogens (tertiary/aromatic N) is 1. The van der Waals surface area contributed by atoms with Crippen molar-refractivity contribution in [2.45, 2.75) is 19.9 Å². The minimum absolute atomic E-state index is 0.345. The summed E-state index contributed by atoms with van der Waals surface area (Å²) in [5.41, 5.74) is 0. The van der Waals surface area contributed by atoms with E-state index in [9.17, 15) is 0 Å². The fourth-order valence-electron chi connectivity index (χ4n) is 1.49. The minimum atomic E-state index is 0.345. The van der Waals surface area contributed by atoms with E-state index in [1.165, 1.54) is 4.88 Å². The first kappa shape index (κ1) is 12.1. The van der Waals surface area contributed by atoms with Crippen molar-refractivity contribution in [3.63, 3.8) is 0 Å². The van der Waals surface area contributed by atoms with Gasteiger partial charge >= 0.3 is 0 Å². The normalized spacial score (nSPS) is 13.0. The maximum atomic E-state index is 4.37. The summed E-state index contributed by atoms with van der Waals surface area (Å²) in [6, 6.07) is 4.61. The van der Waals surface area contributed by atoms with Crippen LogP contribution in [-0.4, -0.2) is 4.98 Å². The highest BCUT2D eigenvalue weighted by Gasteiger charge is 2.17. The molecule has 0 spiro atoms. The topological polar surface area (TPSA) is 24.9 Å². The molecule has 0 radical (unpaired) electrons. The van der Waals surface area contributed by atoms with Gasteiger partial charge in [-0.15, -0.1) is 22.7 Å². The molecule has 0 saturated carbocycles. The van der Waals surface area contributed by atoms with Gasteiger partial charge in [-0.2, -0.15) is 0 Å². The van der Waals surface area contributed by atoms with Gasteiger partial charge in [0, 0.05) is 10.3 Å². The van der Waals surface area contributed by atoms with Crippen LogP contribution >= 0.6 is 38.6 Å². The standard InChI is InChI=1S/C11H13BrN2S2/c1-7(2)10(8-4-3-5-15-8)14-11-13-9(12)6-16-11/h3-7,10H,1-2H3,(H,13,14). The molecule has 0 saturated heterocycles. The summed E-state index contributed by atoms with van der Waals surface area (Å²) < 4.78 is 0.897. The molecule has 16 heavy (non-hydrogen) atoms. The van der Waals surface area contributed by atoms with Crippen molar-refractivity contribution < 1.29 is 0 Å². The first-order valence-electron chi connectivity index (χ1n) is 5.08. The Morgan fingerprint density at radius 2 is 2.19 bits per heavy atom. The lowest BCUT2D eigenvalue weighted by molar-refractivity contribution is 0.553. The van der Waals surface area contributed by atoms with Crippen molar-refractivity contribution in [3.05, 3.63) is 32.4 Å². The molecular weight excluding hydrogens is 304 g/mol. The maximum Gasteiger partial charge on any atom is 0.184 e. The second kappa shape index (κ2) is 5.29. The Balaban J connectivity index is 2.15. The molecule has 2 nitrogen and oxygen atoms in total. The van der Waals surface area contributed by atoms with Crippen LogP contribution in [0.2, 0.25) is 0 Å². The van der Waals surface area contributed by atoms with Crippen molar-refractivity contribution in [2.24, 2.45) is 5.92 Å². The van der Waals surface area contributed by atoms with E-state index in [-0.39, 0.29) is 0 Å². The molecule has 0 amide bonds. The van der Waals surface area contributed by atoms with Crippen LogP contribution in [0.3, 0.4) is 0 Å². The zero-order valence-corrected chi connectivity index (χ0v) is 12.3. The minimum Gasteiger partial charge on any atom is -0.354 e. The molecule has 0 fully saturated rings. The second-order valence-corrected chi connectivity index (χ2v) is 6.51. The molecule has 2 rings (SSSR count). The Bertz CT molecular complexity index is 437. The van der Waals surface area contributed by atoms with Gasteiger partial charge in [0.25, 0.3) is 0 Å². The van der Waals surface area contributed by atoms with Gasteiger partial charge < -0.3 is 5.32 Å². The number of hydrogen-bond donors (Lipinski definition) is 1. The molecule has 2 aromatic rings. The monoisotopic (exact) mass is 316 g/mol. The lowest BCUT2D eigenvalue weighted by Crippen LogP contribution is -2.15. The molecule has 86 valence electrons. The number of thiophene rings is 1. The van der Waals surface area contributed by atoms with E-state index in [0.29, 0.717) is 12.0 Å². The van der Waals surface area contributed by atoms with Gasteiger partial charge in [0.2, 0.25) is 0 Å². The van der Waals surface area contributed by atoms with Crippen LogP contribution in [0.4, 0.5) is 5.13 Å². The van der Waals surface area contributed by atoms with Crippen molar-refractivity contribution in [1.82, 2.24) is 4.98 Å². The summed E-state index contributed by atoms with van der Waals surface area (Å²) in [6.07, 6.45) is 0. The highest BCUT2D eigenvalue weighted by Crippen LogP contribution is 2.31. The molecule has 1 N–H and O–H groups in total. The summed E-state index contributed by atoms with van der Waals surface area (Å²) in [6.45, 7) is 4.44. The van der Waals surface area contributed by atoms with E-state index in [0.717, 1.165) is 9.73 Å². The largest absolute Gasteiger partial charge is 0.354 e. The SMILES string of the molecule is CC(C)C(Nc1nc(Br)cs1)c1cccs1. The molecule has 0 bridgehead atoms. The maximum absolute atomic E-state index is 4.37. The zero-order chi connectivity index (χ0) is 11.5. The summed E-state index contributed by atoms with van der Waals surface area (Å²) in [5, 5.41) is 8.57. The number of rotatable bonds is 4. The van der Waals surface area contributed by atoms with Crippen molar-refractivity contribution in [3.8, 4) is 0 Å². The van der Waals surface area contributed by atoms with Crippen LogP contribution in [0.25, 0.3) is 0 Å². The lowest BCUT2D eigenvalue weighted by atomic mass is 10.0. The van der Waals surface area contributed by atoms with Crippen LogP contribution in [0.1, 0.15) is 24.8 Å². The van der Waals surface area contributed by atoms with Gasteiger partial charge in [0.1, 0.15) is 4.60 Å². The summed E-state index contributed by atoms with van der Waals surface area (Å²) >= 11 is 6.79. The van der Waals surface area contributed by atoms with Crippen LogP contribution in [0.15, 0.2) is 27.5 Å². The third kappa shape index (κ3) is 2.84. The fourth-order valence-corrected chi connectivity index (χ4v) is 3.62. The quantitative estimate of drug-likeness (QED) is 0.878. The third-order valence-corrected chi connectivity index (χ3v) is 4.71. The van der Waals surface area contributed by atoms with E-state index < -0.39 is 0 Å². The fraction of sp³-hybridized carbons (Fsp3) is 0.364. The van der Waals surface area contributed by atoms with E-state index in [1.54, 1.807) is 22.7 Å². The van der Waals surface area contributed by atoms with E-state index in [4.69, 9.17) is 0 Å². The Morgan fingerprint density at radius 3 is 2.69 bits per heavy atom. The van der Waals surface area contributed by atoms with E-state index >= 15 is 0 Å². The highest BCUT2D eigenvalue weighted by molar-refractivity contribution is 9.10. The van der Waals surface area contributed by atoms with Gasteiger partial charge in [-0.1, -0.05) is 19.9 Å². The first-order valence-corrected chi connectivity index (χ1v) is 7.63. The average Bonchev–Trinajstić information content (AvgIpc) is 2.84. The Morgan fingerprint density at radius 1 is 1.38 bits per heavy atom. The molecule has 0 aromatic carbocycles. The molecule has 2 aromatic heterocycles. The molecule has 5 heteroatoms. The van der Waals surface area contributed by atoms with Gasteiger partial charge in [-0.05, 0) is 33.3 Å². The summed E-state index contributed by atoms with van der Waals surface area (Å²) in [4.78, 5) is 5.73. The second-order valence-electron chi connectivity index (χ2n) is 3.86. The molecule has 1 atom stereocenters. The van der Waals surface area contributed by atoms with Crippen molar-refractivity contribution in [2.75, 3.05) is 5.32 Å². The molecular formula is C11H13BrN2S2. The summed E-state index contributed by atoms with van der Waals surface area (Å²) in [5.74, 6) is 0.543. The van der Waals surface area contributed by atoms with Crippen LogP contribution in [0.5, 0.6) is 0 Å². The average molecular weight is 317 g/mol. The number of hydrogen-bond acceptors (Lipinski definition) is 4. The Labute approximate surface area is 112 Å². The van der Waals surface area contributed by atoms with Crippen LogP contribution < -0.4 is 5.32 Å². The van der Waals surface area contributed by atoms with Crippen LogP contribution in [0, 0.1) is 5.92 Å². The van der Waals surface area contributed by atoms with E-state index in [2.05, 4.69) is 57.6 Å². The zero-order valence-electron chi connectivity index (χ0n) is 9.11. The number of anilines is 1.